The highest BCUT2D eigenvalue weighted by molar-refractivity contribution is 6.18. The molecule has 0 aliphatic heterocycles. The number of benzene rings is 1. The van der Waals surface area contributed by atoms with E-state index in [0.29, 0.717) is 5.88 Å². The first kappa shape index (κ1) is 12.3. The summed E-state index contributed by atoms with van der Waals surface area (Å²) in [5, 5.41) is 3.19. The number of ether oxygens (including phenoxy) is 1. The molecule has 0 heterocycles. The van der Waals surface area contributed by atoms with E-state index in [1.54, 1.807) is 7.11 Å². The smallest absolute Gasteiger partial charge is 0.124 e. The number of nitrogens with one attached hydrogen (secondary N) is 1. The highest BCUT2D eigenvalue weighted by atomic mass is 35.5. The fourth-order valence-corrected chi connectivity index (χ4v) is 2.17. The predicted molar refractivity (Wildman–Crippen MR) is 65.0 cm³/mol. The number of aryl methyl sites for hydroxylation is 2. The Kier molecular flexibility index (Phi) is 4.43. The van der Waals surface area contributed by atoms with Gasteiger partial charge in [-0.05, 0) is 37.6 Å². The summed E-state index contributed by atoms with van der Waals surface area (Å²) in [4.78, 5) is 0. The predicted octanol–water partition coefficient (Wildman–Crippen LogP) is 2.81. The van der Waals surface area contributed by atoms with Crippen LogP contribution < -0.4 is 10.1 Å². The standard InChI is InChI=1S/C12H18ClNO/c1-8-5-10(11(7-13)14-3)6-9(2)12(8)15-4/h5-6,11,14H,7H2,1-4H3. The number of rotatable bonds is 4. The molecule has 1 unspecified atom stereocenters. The van der Waals surface area contributed by atoms with Gasteiger partial charge < -0.3 is 10.1 Å². The highest BCUT2D eigenvalue weighted by Gasteiger charge is 2.11. The molecule has 1 atom stereocenters. The van der Waals surface area contributed by atoms with Crippen LogP contribution in [0.25, 0.3) is 0 Å². The lowest BCUT2D eigenvalue weighted by Gasteiger charge is -2.17. The third kappa shape index (κ3) is 2.64. The molecule has 0 spiro atoms. The van der Waals surface area contributed by atoms with Gasteiger partial charge >= 0.3 is 0 Å². The van der Waals surface area contributed by atoms with E-state index in [9.17, 15) is 0 Å². The summed E-state index contributed by atoms with van der Waals surface area (Å²) in [7, 11) is 3.62. The van der Waals surface area contributed by atoms with Gasteiger partial charge in [0.1, 0.15) is 5.75 Å². The van der Waals surface area contributed by atoms with Gasteiger partial charge in [-0.15, -0.1) is 11.6 Å². The molecule has 1 rings (SSSR count). The third-order valence-corrected chi connectivity index (χ3v) is 2.90. The largest absolute Gasteiger partial charge is 0.496 e. The molecule has 1 aromatic carbocycles. The number of methoxy groups -OCH3 is 1. The van der Waals surface area contributed by atoms with Gasteiger partial charge in [-0.1, -0.05) is 12.1 Å². The molecule has 0 aliphatic rings. The fraction of sp³-hybridized carbons (Fsp3) is 0.500. The number of hydrogen-bond acceptors (Lipinski definition) is 2. The van der Waals surface area contributed by atoms with Gasteiger partial charge in [0.15, 0.2) is 0 Å². The molecule has 0 saturated carbocycles. The minimum Gasteiger partial charge on any atom is -0.496 e. The van der Waals surface area contributed by atoms with Crippen molar-refractivity contribution < 1.29 is 4.74 Å². The van der Waals surface area contributed by atoms with Crippen LogP contribution in [0.1, 0.15) is 22.7 Å². The molecule has 0 fully saturated rings. The molecule has 0 aromatic heterocycles. The van der Waals surface area contributed by atoms with Gasteiger partial charge in [-0.25, -0.2) is 0 Å². The Bertz CT molecular complexity index is 311. The maximum Gasteiger partial charge on any atom is 0.124 e. The zero-order valence-electron chi connectivity index (χ0n) is 9.73. The Labute approximate surface area is 96.6 Å². The topological polar surface area (TPSA) is 21.3 Å². The monoisotopic (exact) mass is 227 g/mol. The lowest BCUT2D eigenvalue weighted by atomic mass is 10.0. The summed E-state index contributed by atoms with van der Waals surface area (Å²) < 4.78 is 5.32. The SMILES string of the molecule is CNC(CCl)c1cc(C)c(OC)c(C)c1. The van der Waals surface area contributed by atoms with E-state index in [4.69, 9.17) is 16.3 Å². The molecule has 1 N–H and O–H groups in total. The van der Waals surface area contributed by atoms with Crippen molar-refractivity contribution in [1.82, 2.24) is 5.32 Å². The van der Waals surface area contributed by atoms with Crippen molar-refractivity contribution in [2.24, 2.45) is 0 Å². The molecule has 0 aliphatic carbocycles. The van der Waals surface area contributed by atoms with Crippen LogP contribution in [-0.2, 0) is 0 Å². The van der Waals surface area contributed by atoms with E-state index in [0.717, 1.165) is 16.9 Å². The number of alkyl halides is 1. The van der Waals surface area contributed by atoms with Crippen LogP contribution in [0.4, 0.5) is 0 Å². The van der Waals surface area contributed by atoms with Crippen LogP contribution in [0.2, 0.25) is 0 Å². The molecule has 0 saturated heterocycles. The second-order valence-electron chi connectivity index (χ2n) is 3.68. The Morgan fingerprint density at radius 1 is 1.33 bits per heavy atom. The molecule has 84 valence electrons. The van der Waals surface area contributed by atoms with Crippen LogP contribution in [0.3, 0.4) is 0 Å². The highest BCUT2D eigenvalue weighted by Crippen LogP contribution is 2.27. The summed E-state index contributed by atoms with van der Waals surface area (Å²) in [6.45, 7) is 4.10. The van der Waals surface area contributed by atoms with Gasteiger partial charge in [-0.3, -0.25) is 0 Å². The van der Waals surface area contributed by atoms with Crippen molar-refractivity contribution in [2.45, 2.75) is 19.9 Å². The molecule has 15 heavy (non-hydrogen) atoms. The van der Waals surface area contributed by atoms with E-state index in [2.05, 4.69) is 31.3 Å². The first-order valence-electron chi connectivity index (χ1n) is 5.02. The first-order valence-corrected chi connectivity index (χ1v) is 5.55. The van der Waals surface area contributed by atoms with Gasteiger partial charge in [0.2, 0.25) is 0 Å². The average Bonchev–Trinajstić information content (AvgIpc) is 2.19. The average molecular weight is 228 g/mol. The summed E-state index contributed by atoms with van der Waals surface area (Å²) >= 11 is 5.89. The molecule has 0 bridgehead atoms. The maximum atomic E-state index is 5.89. The van der Waals surface area contributed by atoms with Crippen molar-refractivity contribution in [1.29, 1.82) is 0 Å². The summed E-state index contributed by atoms with van der Waals surface area (Å²) in [6.07, 6.45) is 0. The lowest BCUT2D eigenvalue weighted by molar-refractivity contribution is 0.408. The van der Waals surface area contributed by atoms with E-state index in [1.165, 1.54) is 5.56 Å². The first-order chi connectivity index (χ1) is 7.13. The Morgan fingerprint density at radius 3 is 2.20 bits per heavy atom. The summed E-state index contributed by atoms with van der Waals surface area (Å²) in [5.74, 6) is 1.53. The number of hydrogen-bond donors (Lipinski definition) is 1. The Balaban J connectivity index is 3.12. The van der Waals surface area contributed by atoms with Crippen LogP contribution in [0.5, 0.6) is 5.75 Å². The quantitative estimate of drug-likeness (QED) is 0.799. The second-order valence-corrected chi connectivity index (χ2v) is 3.99. The normalized spacial score (nSPS) is 12.6. The van der Waals surface area contributed by atoms with Crippen LogP contribution in [0.15, 0.2) is 12.1 Å². The maximum absolute atomic E-state index is 5.89. The summed E-state index contributed by atoms with van der Waals surface area (Å²) in [6, 6.07) is 4.44. The molecule has 0 amide bonds. The number of halogens is 1. The zero-order chi connectivity index (χ0) is 11.4. The van der Waals surface area contributed by atoms with Gasteiger partial charge in [0.25, 0.3) is 0 Å². The van der Waals surface area contributed by atoms with Crippen LogP contribution >= 0.6 is 11.6 Å². The van der Waals surface area contributed by atoms with Crippen LogP contribution in [-0.4, -0.2) is 20.0 Å². The van der Waals surface area contributed by atoms with E-state index < -0.39 is 0 Å². The Hall–Kier alpha value is -0.730. The molecule has 0 radical (unpaired) electrons. The van der Waals surface area contributed by atoms with E-state index in [-0.39, 0.29) is 6.04 Å². The summed E-state index contributed by atoms with van der Waals surface area (Å²) in [5.41, 5.74) is 3.51. The van der Waals surface area contributed by atoms with E-state index in [1.807, 2.05) is 7.05 Å². The minimum absolute atomic E-state index is 0.204. The molecule has 1 aromatic rings. The molecular formula is C12H18ClNO. The van der Waals surface area contributed by atoms with Gasteiger partial charge in [-0.2, -0.15) is 0 Å². The van der Waals surface area contributed by atoms with Crippen molar-refractivity contribution in [3.05, 3.63) is 28.8 Å². The second kappa shape index (κ2) is 5.38. The van der Waals surface area contributed by atoms with Crippen molar-refractivity contribution in [2.75, 3.05) is 20.0 Å². The van der Waals surface area contributed by atoms with Gasteiger partial charge in [0, 0.05) is 11.9 Å². The fourth-order valence-electron chi connectivity index (χ4n) is 1.84. The lowest BCUT2D eigenvalue weighted by Crippen LogP contribution is -2.18. The van der Waals surface area contributed by atoms with Crippen molar-refractivity contribution in [3.63, 3.8) is 0 Å². The van der Waals surface area contributed by atoms with E-state index >= 15 is 0 Å². The Morgan fingerprint density at radius 2 is 1.87 bits per heavy atom. The van der Waals surface area contributed by atoms with Crippen molar-refractivity contribution in [3.8, 4) is 5.75 Å². The zero-order valence-corrected chi connectivity index (χ0v) is 10.5. The molecular weight excluding hydrogens is 210 g/mol. The minimum atomic E-state index is 0.204. The van der Waals surface area contributed by atoms with Crippen LogP contribution in [0, 0.1) is 13.8 Å². The van der Waals surface area contributed by atoms with Crippen molar-refractivity contribution >= 4 is 11.6 Å². The molecule has 2 nitrogen and oxygen atoms in total. The molecule has 3 heteroatoms. The third-order valence-electron chi connectivity index (χ3n) is 2.59. The van der Waals surface area contributed by atoms with Gasteiger partial charge in [0.05, 0.1) is 7.11 Å².